The fourth-order valence-corrected chi connectivity index (χ4v) is 4.23. The predicted molar refractivity (Wildman–Crippen MR) is 124 cm³/mol. The number of hydrogen-bond acceptors (Lipinski definition) is 5. The van der Waals surface area contributed by atoms with Crippen LogP contribution >= 0.6 is 11.6 Å². The summed E-state index contributed by atoms with van der Waals surface area (Å²) in [6.07, 6.45) is 1.08. The summed E-state index contributed by atoms with van der Waals surface area (Å²) in [5.41, 5.74) is 4.69. The van der Waals surface area contributed by atoms with Crippen LogP contribution in [-0.2, 0) is 16.1 Å². The van der Waals surface area contributed by atoms with E-state index < -0.39 is 6.10 Å². The van der Waals surface area contributed by atoms with Crippen molar-refractivity contribution in [2.75, 3.05) is 10.6 Å². The number of ketones is 1. The number of aromatic nitrogens is 1. The van der Waals surface area contributed by atoms with Gasteiger partial charge in [0.05, 0.1) is 11.4 Å². The first-order chi connectivity index (χ1) is 15.7. The lowest BCUT2D eigenvalue weighted by Gasteiger charge is -2.19. The van der Waals surface area contributed by atoms with Gasteiger partial charge in [-0.1, -0.05) is 35.9 Å². The molecule has 7 heteroatoms. The zero-order valence-electron chi connectivity index (χ0n) is 16.8. The van der Waals surface area contributed by atoms with Crippen molar-refractivity contribution in [3.63, 3.8) is 0 Å². The van der Waals surface area contributed by atoms with Crippen LogP contribution in [0, 0.1) is 0 Å². The Hall–Kier alpha value is -3.90. The van der Waals surface area contributed by atoms with Gasteiger partial charge in [0.1, 0.15) is 18.1 Å². The fourth-order valence-electron chi connectivity index (χ4n) is 4.05. The number of halogens is 1. The number of ether oxygens (including phenoxy) is 2. The molecule has 1 aromatic heterocycles. The third-order valence-electron chi connectivity index (χ3n) is 5.65. The minimum absolute atomic E-state index is 0.125. The number of nitrogens with one attached hydrogen (secondary N) is 3. The first-order valence-electron chi connectivity index (χ1n) is 10.2. The molecule has 0 saturated heterocycles. The average molecular weight is 444 g/mol. The second-order valence-electron chi connectivity index (χ2n) is 7.73. The molecular formula is C25H18ClN3O3. The SMILES string of the molecule is O=C1C2=C(Nc3cc(Cl)ccc3N2)O[C@@H]1c1c[nH]c2ccc(COc3ccccc3)cc12. The molecule has 3 aromatic carbocycles. The molecule has 0 bridgehead atoms. The lowest BCUT2D eigenvalue weighted by Crippen LogP contribution is -2.18. The monoisotopic (exact) mass is 443 g/mol. The van der Waals surface area contributed by atoms with Gasteiger partial charge in [-0.25, -0.2) is 0 Å². The van der Waals surface area contributed by atoms with E-state index >= 15 is 0 Å². The molecule has 2 aliphatic rings. The minimum atomic E-state index is -0.746. The molecule has 0 spiro atoms. The standard InChI is InChI=1S/C25H18ClN3O3/c26-15-7-9-20-21(11-15)29-25-22(28-20)23(30)24(32-25)18-12-27-19-8-6-14(10-17(18)19)13-31-16-4-2-1-3-5-16/h1-12,24,27-29H,13H2/t24-/m1/s1. The summed E-state index contributed by atoms with van der Waals surface area (Å²) in [4.78, 5) is 16.4. The van der Waals surface area contributed by atoms with Crippen molar-refractivity contribution in [3.8, 4) is 5.75 Å². The van der Waals surface area contributed by atoms with E-state index in [9.17, 15) is 4.79 Å². The highest BCUT2D eigenvalue weighted by atomic mass is 35.5. The lowest BCUT2D eigenvalue weighted by molar-refractivity contribution is -0.121. The zero-order valence-corrected chi connectivity index (χ0v) is 17.6. The summed E-state index contributed by atoms with van der Waals surface area (Å²) < 4.78 is 11.9. The van der Waals surface area contributed by atoms with E-state index in [1.165, 1.54) is 0 Å². The Kier molecular flexibility index (Phi) is 4.33. The number of H-pyrrole nitrogens is 1. The number of Topliss-reactive ketones (excluding diaryl/α,β-unsaturated/α-hetero) is 1. The van der Waals surface area contributed by atoms with Gasteiger partial charge >= 0.3 is 0 Å². The van der Waals surface area contributed by atoms with Gasteiger partial charge in [0.15, 0.2) is 6.10 Å². The quantitative estimate of drug-likeness (QED) is 0.374. The van der Waals surface area contributed by atoms with E-state index in [0.29, 0.717) is 23.2 Å². The molecule has 0 amide bonds. The number of hydrogen-bond donors (Lipinski definition) is 3. The number of carbonyl (C=O) groups is 1. The molecule has 2 aliphatic heterocycles. The second-order valence-corrected chi connectivity index (χ2v) is 8.17. The van der Waals surface area contributed by atoms with Crippen LogP contribution in [0.3, 0.4) is 0 Å². The Balaban J connectivity index is 1.27. The summed E-state index contributed by atoms with van der Waals surface area (Å²) in [7, 11) is 0. The van der Waals surface area contributed by atoms with E-state index in [1.807, 2.05) is 60.8 Å². The number of rotatable bonds is 4. The highest BCUT2D eigenvalue weighted by Gasteiger charge is 2.40. The lowest BCUT2D eigenvalue weighted by atomic mass is 10.0. The number of aromatic amines is 1. The smallest absolute Gasteiger partial charge is 0.229 e. The molecule has 0 unspecified atom stereocenters. The number of para-hydroxylation sites is 1. The van der Waals surface area contributed by atoms with Crippen LogP contribution in [0.15, 0.2) is 84.5 Å². The highest BCUT2D eigenvalue weighted by Crippen LogP contribution is 2.42. The molecular weight excluding hydrogens is 426 g/mol. The maximum Gasteiger partial charge on any atom is 0.229 e. The molecule has 0 saturated carbocycles. The second kappa shape index (κ2) is 7.35. The first-order valence-corrected chi connectivity index (χ1v) is 10.6. The molecule has 6 rings (SSSR count). The maximum atomic E-state index is 13.2. The molecule has 0 aliphatic carbocycles. The third kappa shape index (κ3) is 3.16. The van der Waals surface area contributed by atoms with Crippen molar-refractivity contribution in [3.05, 3.63) is 101 Å². The normalized spacial score (nSPS) is 16.8. The van der Waals surface area contributed by atoms with Crippen LogP contribution in [0.2, 0.25) is 5.02 Å². The molecule has 3 N–H and O–H groups in total. The van der Waals surface area contributed by atoms with Crippen molar-refractivity contribution < 1.29 is 14.3 Å². The van der Waals surface area contributed by atoms with E-state index in [-0.39, 0.29) is 5.78 Å². The Morgan fingerprint density at radius 3 is 2.72 bits per heavy atom. The number of benzene rings is 3. The van der Waals surface area contributed by atoms with Crippen molar-refractivity contribution in [2.45, 2.75) is 12.7 Å². The molecule has 6 nitrogen and oxygen atoms in total. The summed E-state index contributed by atoms with van der Waals surface area (Å²) in [6, 6.07) is 21.1. The van der Waals surface area contributed by atoms with Crippen molar-refractivity contribution in [1.82, 2.24) is 4.98 Å². The van der Waals surface area contributed by atoms with Crippen LogP contribution in [0.5, 0.6) is 5.75 Å². The Morgan fingerprint density at radius 1 is 0.969 bits per heavy atom. The minimum Gasteiger partial charge on any atom is -0.489 e. The zero-order chi connectivity index (χ0) is 21.7. The Labute approximate surface area is 188 Å². The Bertz CT molecular complexity index is 1390. The highest BCUT2D eigenvalue weighted by molar-refractivity contribution is 6.31. The van der Waals surface area contributed by atoms with Crippen molar-refractivity contribution >= 4 is 39.7 Å². The van der Waals surface area contributed by atoms with E-state index in [4.69, 9.17) is 21.1 Å². The summed E-state index contributed by atoms with van der Waals surface area (Å²) >= 11 is 6.10. The van der Waals surface area contributed by atoms with Gasteiger partial charge in [-0.2, -0.15) is 0 Å². The summed E-state index contributed by atoms with van der Waals surface area (Å²) in [6.45, 7) is 0.429. The largest absolute Gasteiger partial charge is 0.489 e. The molecule has 3 heterocycles. The van der Waals surface area contributed by atoms with Crippen LogP contribution < -0.4 is 15.4 Å². The van der Waals surface area contributed by atoms with Gasteiger partial charge in [0, 0.05) is 27.7 Å². The van der Waals surface area contributed by atoms with Crippen molar-refractivity contribution in [1.29, 1.82) is 0 Å². The molecule has 32 heavy (non-hydrogen) atoms. The number of anilines is 2. The first kappa shape index (κ1) is 18.8. The summed E-state index contributed by atoms with van der Waals surface area (Å²) in [5, 5.41) is 7.89. The average Bonchev–Trinajstić information content (AvgIpc) is 3.37. The maximum absolute atomic E-state index is 13.2. The van der Waals surface area contributed by atoms with Crippen LogP contribution in [0.4, 0.5) is 11.4 Å². The predicted octanol–water partition coefficient (Wildman–Crippen LogP) is 5.75. The summed E-state index contributed by atoms with van der Waals surface area (Å²) in [5.74, 6) is 1.09. The molecule has 0 radical (unpaired) electrons. The van der Waals surface area contributed by atoms with Gasteiger partial charge in [0.25, 0.3) is 0 Å². The van der Waals surface area contributed by atoms with Crippen LogP contribution in [-0.4, -0.2) is 10.8 Å². The van der Waals surface area contributed by atoms with Gasteiger partial charge in [0.2, 0.25) is 11.7 Å². The third-order valence-corrected chi connectivity index (χ3v) is 5.88. The van der Waals surface area contributed by atoms with Crippen molar-refractivity contribution in [2.24, 2.45) is 0 Å². The Morgan fingerprint density at radius 2 is 1.84 bits per heavy atom. The van der Waals surface area contributed by atoms with Gasteiger partial charge in [-0.05, 0) is 48.0 Å². The van der Waals surface area contributed by atoms with E-state index in [2.05, 4.69) is 15.6 Å². The molecule has 4 aromatic rings. The van der Waals surface area contributed by atoms with E-state index in [1.54, 1.807) is 12.1 Å². The van der Waals surface area contributed by atoms with Gasteiger partial charge < -0.3 is 25.1 Å². The van der Waals surface area contributed by atoms with E-state index in [0.717, 1.165) is 39.2 Å². The van der Waals surface area contributed by atoms with Crippen LogP contribution in [0.1, 0.15) is 17.2 Å². The number of carbonyl (C=O) groups excluding carboxylic acids is 1. The number of fused-ring (bicyclic) bond motifs is 2. The van der Waals surface area contributed by atoms with Crippen LogP contribution in [0.25, 0.3) is 10.9 Å². The van der Waals surface area contributed by atoms with Gasteiger partial charge in [-0.3, -0.25) is 4.79 Å². The molecule has 158 valence electrons. The molecule has 0 fully saturated rings. The fraction of sp³-hybridized carbons (Fsp3) is 0.0800. The molecule has 1 atom stereocenters. The topological polar surface area (TPSA) is 75.4 Å². The van der Waals surface area contributed by atoms with Gasteiger partial charge in [-0.15, -0.1) is 0 Å².